The van der Waals surface area contributed by atoms with Gasteiger partial charge in [0.1, 0.15) is 12.2 Å². The molecule has 178 valence electrons. The lowest BCUT2D eigenvalue weighted by atomic mass is 10.1. The van der Waals surface area contributed by atoms with Crippen molar-refractivity contribution in [1.29, 1.82) is 0 Å². The van der Waals surface area contributed by atoms with Crippen LogP contribution in [-0.4, -0.2) is 21.4 Å². The average molecular weight is 489 g/mol. The first-order valence-electron chi connectivity index (χ1n) is 11.2. The topological polar surface area (TPSA) is 93.1 Å². The van der Waals surface area contributed by atoms with Crippen LogP contribution < -0.4 is 16.2 Å². The van der Waals surface area contributed by atoms with Gasteiger partial charge in [-0.25, -0.2) is 4.98 Å². The smallest absolute Gasteiger partial charge is 0.278 e. The van der Waals surface area contributed by atoms with Gasteiger partial charge in [0.05, 0.1) is 16.7 Å². The van der Waals surface area contributed by atoms with E-state index in [0.29, 0.717) is 39.4 Å². The first-order chi connectivity index (χ1) is 16.8. The Bertz CT molecular complexity index is 1510. The number of halogens is 1. The van der Waals surface area contributed by atoms with Gasteiger partial charge in [0, 0.05) is 22.7 Å². The van der Waals surface area contributed by atoms with E-state index >= 15 is 0 Å². The number of para-hydroxylation sites is 2. The summed E-state index contributed by atoms with van der Waals surface area (Å²) >= 11 is 6.08. The van der Waals surface area contributed by atoms with Crippen LogP contribution in [-0.2, 0) is 16.1 Å². The van der Waals surface area contributed by atoms with Crippen LogP contribution >= 0.6 is 11.6 Å². The summed E-state index contributed by atoms with van der Waals surface area (Å²) in [5.74, 6) is -0.545. The second-order valence-electron chi connectivity index (χ2n) is 8.30. The molecule has 4 aromatic rings. The molecule has 0 aliphatic carbocycles. The van der Waals surface area contributed by atoms with Gasteiger partial charge < -0.3 is 10.6 Å². The number of carbonyl (C=O) groups is 2. The van der Waals surface area contributed by atoms with Crippen molar-refractivity contribution in [3.8, 4) is 11.3 Å². The summed E-state index contributed by atoms with van der Waals surface area (Å²) in [7, 11) is 0. The highest BCUT2D eigenvalue weighted by molar-refractivity contribution is 6.31. The van der Waals surface area contributed by atoms with Gasteiger partial charge in [-0.2, -0.15) is 0 Å². The normalized spacial score (nSPS) is 10.9. The number of amides is 2. The first-order valence-corrected chi connectivity index (χ1v) is 11.6. The van der Waals surface area contributed by atoms with Gasteiger partial charge >= 0.3 is 0 Å². The van der Waals surface area contributed by atoms with Crippen LogP contribution in [0.4, 0.5) is 11.4 Å². The lowest BCUT2D eigenvalue weighted by Crippen LogP contribution is -2.30. The van der Waals surface area contributed by atoms with Crippen LogP contribution in [0.2, 0.25) is 5.02 Å². The first kappa shape index (κ1) is 24.2. The number of rotatable bonds is 6. The minimum atomic E-state index is -0.431. The van der Waals surface area contributed by atoms with Crippen molar-refractivity contribution < 1.29 is 9.59 Å². The maximum Gasteiger partial charge on any atom is 0.278 e. The molecule has 1 aromatic heterocycles. The molecule has 0 aliphatic heterocycles. The van der Waals surface area contributed by atoms with Gasteiger partial charge in [-0.05, 0) is 55.8 Å². The van der Waals surface area contributed by atoms with Gasteiger partial charge in [-0.1, -0.05) is 48.4 Å². The molecule has 0 saturated heterocycles. The zero-order valence-corrected chi connectivity index (χ0v) is 20.4. The Hall–Kier alpha value is -3.97. The molecule has 1 heterocycles. The van der Waals surface area contributed by atoms with E-state index in [1.54, 1.807) is 43.3 Å². The number of fused-ring (bicyclic) bond motifs is 1. The molecule has 35 heavy (non-hydrogen) atoms. The van der Waals surface area contributed by atoms with Crippen LogP contribution in [0.25, 0.3) is 22.3 Å². The summed E-state index contributed by atoms with van der Waals surface area (Å²) in [6.45, 7) is 5.30. The molecular weight excluding hydrogens is 464 g/mol. The highest BCUT2D eigenvalue weighted by Crippen LogP contribution is 2.27. The SMILES string of the molecule is CCC(=O)Nc1ccc(C)cc1-c1nc2ccccc2n(CC(=O)Nc2cc(Cl)ccc2C)c1=O. The van der Waals surface area contributed by atoms with E-state index in [1.165, 1.54) is 4.57 Å². The molecule has 4 rings (SSSR count). The zero-order valence-electron chi connectivity index (χ0n) is 19.7. The minimum absolute atomic E-state index is 0.158. The number of carbonyl (C=O) groups excluding carboxylic acids is 2. The number of anilines is 2. The number of hydrogen-bond donors (Lipinski definition) is 2. The Balaban J connectivity index is 1.82. The summed E-state index contributed by atoms with van der Waals surface area (Å²) in [5, 5.41) is 6.19. The Morgan fingerprint density at radius 3 is 2.46 bits per heavy atom. The van der Waals surface area contributed by atoms with Gasteiger partial charge in [-0.3, -0.25) is 19.0 Å². The number of aromatic nitrogens is 2. The van der Waals surface area contributed by atoms with Crippen molar-refractivity contribution in [2.24, 2.45) is 0 Å². The largest absolute Gasteiger partial charge is 0.325 e. The van der Waals surface area contributed by atoms with Gasteiger partial charge in [0.25, 0.3) is 5.56 Å². The number of hydrogen-bond acceptors (Lipinski definition) is 4. The molecule has 7 nitrogen and oxygen atoms in total. The predicted molar refractivity (Wildman–Crippen MR) is 140 cm³/mol. The molecular formula is C27H25ClN4O3. The number of aryl methyl sites for hydroxylation is 2. The summed E-state index contributed by atoms with van der Waals surface area (Å²) in [5.41, 5.74) is 4.16. The average Bonchev–Trinajstić information content (AvgIpc) is 2.84. The Morgan fingerprint density at radius 1 is 0.943 bits per heavy atom. The molecule has 0 unspecified atom stereocenters. The van der Waals surface area contributed by atoms with Gasteiger partial charge in [0.15, 0.2) is 0 Å². The zero-order chi connectivity index (χ0) is 25.1. The van der Waals surface area contributed by atoms with E-state index in [0.717, 1.165) is 11.1 Å². The van der Waals surface area contributed by atoms with Crippen LogP contribution in [0.3, 0.4) is 0 Å². The summed E-state index contributed by atoms with van der Waals surface area (Å²) in [4.78, 5) is 43.4. The van der Waals surface area contributed by atoms with Gasteiger partial charge in [0.2, 0.25) is 11.8 Å². The van der Waals surface area contributed by atoms with E-state index in [4.69, 9.17) is 11.6 Å². The summed E-state index contributed by atoms with van der Waals surface area (Å²) < 4.78 is 1.40. The second kappa shape index (κ2) is 10.1. The van der Waals surface area contributed by atoms with E-state index in [-0.39, 0.29) is 24.1 Å². The third kappa shape index (κ3) is 5.25. The van der Waals surface area contributed by atoms with Crippen LogP contribution in [0.5, 0.6) is 0 Å². The monoisotopic (exact) mass is 488 g/mol. The number of nitrogens with zero attached hydrogens (tertiary/aromatic N) is 2. The van der Waals surface area contributed by atoms with Crippen LogP contribution in [0.1, 0.15) is 24.5 Å². The minimum Gasteiger partial charge on any atom is -0.325 e. The molecule has 0 atom stereocenters. The van der Waals surface area contributed by atoms with Crippen molar-refractivity contribution in [2.45, 2.75) is 33.7 Å². The molecule has 0 aliphatic rings. The molecule has 3 aromatic carbocycles. The molecule has 0 fully saturated rings. The van der Waals surface area contributed by atoms with Crippen molar-refractivity contribution >= 4 is 45.8 Å². The highest BCUT2D eigenvalue weighted by atomic mass is 35.5. The fraction of sp³-hybridized carbons (Fsp3) is 0.185. The molecule has 2 N–H and O–H groups in total. The van der Waals surface area contributed by atoms with Crippen molar-refractivity contribution in [1.82, 2.24) is 9.55 Å². The fourth-order valence-corrected chi connectivity index (χ4v) is 3.96. The van der Waals surface area contributed by atoms with Crippen molar-refractivity contribution in [2.75, 3.05) is 10.6 Å². The van der Waals surface area contributed by atoms with E-state index in [9.17, 15) is 14.4 Å². The van der Waals surface area contributed by atoms with Crippen LogP contribution in [0, 0.1) is 13.8 Å². The quantitative estimate of drug-likeness (QED) is 0.384. The molecule has 8 heteroatoms. The molecule has 0 bridgehead atoms. The Kier molecular flexibility index (Phi) is 6.98. The summed E-state index contributed by atoms with van der Waals surface area (Å²) in [6.07, 6.45) is 0.297. The fourth-order valence-electron chi connectivity index (χ4n) is 3.79. The maximum absolute atomic E-state index is 13.7. The molecule has 0 radical (unpaired) electrons. The van der Waals surface area contributed by atoms with Crippen molar-refractivity contribution in [3.05, 3.63) is 87.2 Å². The van der Waals surface area contributed by atoms with E-state index < -0.39 is 5.56 Å². The molecule has 0 spiro atoms. The Labute approximate surface area is 207 Å². The van der Waals surface area contributed by atoms with E-state index in [1.807, 2.05) is 38.1 Å². The summed E-state index contributed by atoms with van der Waals surface area (Å²) in [6, 6.07) is 17.8. The third-order valence-electron chi connectivity index (χ3n) is 5.65. The predicted octanol–water partition coefficient (Wildman–Crippen LogP) is 5.32. The lowest BCUT2D eigenvalue weighted by molar-refractivity contribution is -0.117. The lowest BCUT2D eigenvalue weighted by Gasteiger charge is -2.16. The highest BCUT2D eigenvalue weighted by Gasteiger charge is 2.19. The Morgan fingerprint density at radius 2 is 1.69 bits per heavy atom. The van der Waals surface area contributed by atoms with E-state index in [2.05, 4.69) is 15.6 Å². The second-order valence-corrected chi connectivity index (χ2v) is 8.74. The maximum atomic E-state index is 13.7. The van der Waals surface area contributed by atoms with Crippen molar-refractivity contribution in [3.63, 3.8) is 0 Å². The number of nitrogens with one attached hydrogen (secondary N) is 2. The molecule has 2 amide bonds. The van der Waals surface area contributed by atoms with Gasteiger partial charge in [-0.15, -0.1) is 0 Å². The third-order valence-corrected chi connectivity index (χ3v) is 5.89. The molecule has 0 saturated carbocycles. The van der Waals surface area contributed by atoms with Crippen LogP contribution in [0.15, 0.2) is 65.5 Å². The number of benzene rings is 3. The standard InChI is InChI=1S/C27H25ClN4O3/c1-4-24(33)29-20-12-9-16(2)13-19(20)26-27(35)32(23-8-6-5-7-21(23)31-26)15-25(34)30-22-14-18(28)11-10-17(22)3/h5-14H,4,15H2,1-3H3,(H,29,33)(H,30,34).